The van der Waals surface area contributed by atoms with Crippen LogP contribution in [-0.2, 0) is 16.7 Å². The van der Waals surface area contributed by atoms with Crippen LogP contribution in [0.15, 0.2) is 43.0 Å². The third kappa shape index (κ3) is 3.57. The van der Waals surface area contributed by atoms with Gasteiger partial charge >= 0.3 is 0 Å². The Morgan fingerprint density at radius 2 is 1.78 bits per heavy atom. The van der Waals surface area contributed by atoms with Gasteiger partial charge in [-0.25, -0.2) is 14.5 Å². The van der Waals surface area contributed by atoms with Gasteiger partial charge in [0.25, 0.3) is 10.1 Å². The second-order valence-electron chi connectivity index (χ2n) is 3.68. The highest BCUT2D eigenvalue weighted by molar-refractivity contribution is 7.85. The Morgan fingerprint density at radius 1 is 1.17 bits per heavy atom. The molecule has 0 aromatic carbocycles. The van der Waals surface area contributed by atoms with Crippen molar-refractivity contribution in [2.45, 2.75) is 6.54 Å². The molecule has 0 radical (unpaired) electrons. The molecular formula is C11H12N3O3S+. The van der Waals surface area contributed by atoms with Crippen molar-refractivity contribution in [3.8, 4) is 11.4 Å². The van der Waals surface area contributed by atoms with Gasteiger partial charge in [-0.3, -0.25) is 4.55 Å². The highest BCUT2D eigenvalue weighted by Crippen LogP contribution is 2.10. The van der Waals surface area contributed by atoms with Gasteiger partial charge in [0.2, 0.25) is 0 Å². The van der Waals surface area contributed by atoms with Gasteiger partial charge in [0.1, 0.15) is 5.75 Å². The molecule has 0 atom stereocenters. The van der Waals surface area contributed by atoms with Gasteiger partial charge in [0, 0.05) is 30.1 Å². The molecule has 0 aliphatic carbocycles. The van der Waals surface area contributed by atoms with Crippen LogP contribution in [0, 0.1) is 0 Å². The number of pyridine rings is 1. The first kappa shape index (κ1) is 12.6. The first-order valence-electron chi connectivity index (χ1n) is 5.26. The second-order valence-corrected chi connectivity index (χ2v) is 5.26. The number of nitrogens with zero attached hydrogens (tertiary/aromatic N) is 3. The largest absolute Gasteiger partial charge is 0.285 e. The Morgan fingerprint density at radius 3 is 2.33 bits per heavy atom. The van der Waals surface area contributed by atoms with Crippen LogP contribution in [0.4, 0.5) is 0 Å². The van der Waals surface area contributed by atoms with Gasteiger partial charge in [-0.1, -0.05) is 0 Å². The minimum absolute atomic E-state index is 0.203. The summed E-state index contributed by atoms with van der Waals surface area (Å²) in [6, 6.07) is 5.32. The van der Waals surface area contributed by atoms with Gasteiger partial charge in [-0.15, -0.1) is 0 Å². The van der Waals surface area contributed by atoms with Crippen LogP contribution >= 0.6 is 0 Å². The highest BCUT2D eigenvalue weighted by atomic mass is 32.2. The van der Waals surface area contributed by atoms with Gasteiger partial charge in [-0.2, -0.15) is 8.42 Å². The van der Waals surface area contributed by atoms with Crippen molar-refractivity contribution in [3.63, 3.8) is 0 Å². The summed E-state index contributed by atoms with van der Waals surface area (Å²) in [6.07, 6.45) is 6.75. The molecule has 0 unspecified atom stereocenters. The number of aromatic nitrogens is 3. The lowest BCUT2D eigenvalue weighted by atomic mass is 10.2. The van der Waals surface area contributed by atoms with E-state index in [1.54, 1.807) is 47.6 Å². The van der Waals surface area contributed by atoms with Crippen LogP contribution in [0.1, 0.15) is 0 Å². The smallest absolute Gasteiger partial charge is 0.271 e. The maximum Gasteiger partial charge on any atom is 0.271 e. The summed E-state index contributed by atoms with van der Waals surface area (Å²) >= 11 is 0. The predicted molar refractivity (Wildman–Crippen MR) is 64.1 cm³/mol. The summed E-state index contributed by atoms with van der Waals surface area (Å²) in [5.74, 6) is 0.304. The lowest BCUT2D eigenvalue weighted by Crippen LogP contribution is -2.36. The molecule has 2 aromatic rings. The Labute approximate surface area is 105 Å². The molecular weight excluding hydrogens is 254 g/mol. The summed E-state index contributed by atoms with van der Waals surface area (Å²) in [4.78, 5) is 8.22. The fraction of sp³-hybridized carbons (Fsp3) is 0.182. The quantitative estimate of drug-likeness (QED) is 0.636. The first-order chi connectivity index (χ1) is 8.54. The maximum atomic E-state index is 10.6. The molecule has 0 aliphatic heterocycles. The molecule has 0 bridgehead atoms. The van der Waals surface area contributed by atoms with Gasteiger partial charge in [-0.05, 0) is 6.07 Å². The molecule has 0 saturated carbocycles. The fourth-order valence-corrected chi connectivity index (χ4v) is 1.87. The minimum Gasteiger partial charge on any atom is -0.285 e. The zero-order valence-electron chi connectivity index (χ0n) is 9.47. The van der Waals surface area contributed by atoms with Crippen LogP contribution in [-0.4, -0.2) is 28.7 Å². The van der Waals surface area contributed by atoms with E-state index in [0.717, 1.165) is 5.56 Å². The summed E-state index contributed by atoms with van der Waals surface area (Å²) in [7, 11) is -3.93. The molecule has 18 heavy (non-hydrogen) atoms. The number of aryl methyl sites for hydroxylation is 1. The molecule has 0 saturated heterocycles. The second kappa shape index (κ2) is 5.19. The van der Waals surface area contributed by atoms with Crippen LogP contribution < -0.4 is 4.57 Å². The van der Waals surface area contributed by atoms with E-state index in [0.29, 0.717) is 5.82 Å². The zero-order chi connectivity index (χ0) is 13.0. The first-order valence-corrected chi connectivity index (χ1v) is 6.87. The van der Waals surface area contributed by atoms with Crippen LogP contribution in [0.2, 0.25) is 0 Å². The molecule has 2 heterocycles. The Balaban J connectivity index is 2.11. The van der Waals surface area contributed by atoms with Crippen molar-refractivity contribution in [1.29, 1.82) is 0 Å². The lowest BCUT2D eigenvalue weighted by molar-refractivity contribution is -0.692. The third-order valence-corrected chi connectivity index (χ3v) is 3.02. The van der Waals surface area contributed by atoms with Crippen molar-refractivity contribution in [1.82, 2.24) is 9.97 Å². The van der Waals surface area contributed by atoms with E-state index < -0.39 is 10.1 Å². The maximum absolute atomic E-state index is 10.6. The fourth-order valence-electron chi connectivity index (χ4n) is 1.42. The van der Waals surface area contributed by atoms with Gasteiger partial charge in [0.05, 0.1) is 0 Å². The summed E-state index contributed by atoms with van der Waals surface area (Å²) < 4.78 is 31.5. The van der Waals surface area contributed by atoms with Gasteiger partial charge < -0.3 is 0 Å². The molecule has 0 amide bonds. The van der Waals surface area contributed by atoms with E-state index in [2.05, 4.69) is 9.97 Å². The van der Waals surface area contributed by atoms with E-state index >= 15 is 0 Å². The minimum atomic E-state index is -3.93. The van der Waals surface area contributed by atoms with Crippen molar-refractivity contribution in [3.05, 3.63) is 43.0 Å². The Kier molecular flexibility index (Phi) is 3.63. The number of hydrogen-bond acceptors (Lipinski definition) is 4. The monoisotopic (exact) mass is 266 g/mol. The summed E-state index contributed by atoms with van der Waals surface area (Å²) in [5.41, 5.74) is 0.846. The average molecular weight is 266 g/mol. The van der Waals surface area contributed by atoms with E-state index in [1.165, 1.54) is 0 Å². The van der Waals surface area contributed by atoms with Crippen molar-refractivity contribution >= 4 is 10.1 Å². The number of hydrogen-bond donors (Lipinski definition) is 1. The molecule has 1 N–H and O–H groups in total. The van der Waals surface area contributed by atoms with Crippen molar-refractivity contribution in [2.75, 3.05) is 5.75 Å². The predicted octanol–water partition coefficient (Wildman–Crippen LogP) is 0.319. The van der Waals surface area contributed by atoms with E-state index in [9.17, 15) is 8.42 Å². The molecule has 0 aliphatic rings. The van der Waals surface area contributed by atoms with Gasteiger partial charge in [0.15, 0.2) is 24.8 Å². The Bertz CT molecular complexity index is 612. The van der Waals surface area contributed by atoms with Crippen molar-refractivity contribution < 1.29 is 17.5 Å². The summed E-state index contributed by atoms with van der Waals surface area (Å²) in [6.45, 7) is 0.203. The topological polar surface area (TPSA) is 84.0 Å². The van der Waals surface area contributed by atoms with Crippen LogP contribution in [0.25, 0.3) is 11.4 Å². The van der Waals surface area contributed by atoms with Crippen LogP contribution in [0.5, 0.6) is 0 Å². The van der Waals surface area contributed by atoms with E-state index in [1.807, 2.05) is 0 Å². The van der Waals surface area contributed by atoms with E-state index in [4.69, 9.17) is 4.55 Å². The zero-order valence-corrected chi connectivity index (χ0v) is 10.3. The average Bonchev–Trinajstić information content (AvgIpc) is 2.37. The molecule has 7 heteroatoms. The molecule has 2 aromatic heterocycles. The van der Waals surface area contributed by atoms with Crippen molar-refractivity contribution in [2.24, 2.45) is 0 Å². The SMILES string of the molecule is O=S(=O)(O)CC[n+]1ccc(-c2ncccn2)cc1. The molecule has 2 rings (SSSR count). The molecule has 0 spiro atoms. The molecule has 94 valence electrons. The standard InChI is InChI=1S/C11H11N3O3S/c15-18(16,17)9-8-14-6-2-10(3-7-14)11-12-4-1-5-13-11/h1-7H,8-9H2/p+1. The molecule has 6 nitrogen and oxygen atoms in total. The Hall–Kier alpha value is -1.86. The summed E-state index contributed by atoms with van der Waals surface area (Å²) in [5, 5.41) is 0. The molecule has 0 fully saturated rings. The van der Waals surface area contributed by atoms with E-state index in [-0.39, 0.29) is 12.3 Å². The highest BCUT2D eigenvalue weighted by Gasteiger charge is 2.10. The number of rotatable bonds is 4. The normalized spacial score (nSPS) is 11.4. The third-order valence-electron chi connectivity index (χ3n) is 2.32. The van der Waals surface area contributed by atoms with Crippen LogP contribution in [0.3, 0.4) is 0 Å². The lowest BCUT2D eigenvalue weighted by Gasteiger charge is -1.98.